The summed E-state index contributed by atoms with van der Waals surface area (Å²) in [5.74, 6) is -4.18. The molecule has 0 spiro atoms. The van der Waals surface area contributed by atoms with Gasteiger partial charge >= 0.3 is 37.0 Å². The van der Waals surface area contributed by atoms with Crippen molar-refractivity contribution in [2.24, 2.45) is 17.3 Å². The summed E-state index contributed by atoms with van der Waals surface area (Å²) in [6, 6.07) is 4.93. The molecule has 2 aliphatic heterocycles. The van der Waals surface area contributed by atoms with Crippen molar-refractivity contribution in [2.75, 3.05) is 54.6 Å². The number of nitrogens with one attached hydrogen (secondary N) is 2. The van der Waals surface area contributed by atoms with Crippen molar-refractivity contribution in [1.29, 1.82) is 0 Å². The maximum absolute atomic E-state index is 14.9. The van der Waals surface area contributed by atoms with Crippen molar-refractivity contribution in [3.63, 3.8) is 0 Å². The first-order valence-corrected chi connectivity index (χ1v) is 21.2. The van der Waals surface area contributed by atoms with Gasteiger partial charge < -0.3 is 53.8 Å². The van der Waals surface area contributed by atoms with Gasteiger partial charge in [0.2, 0.25) is 5.91 Å². The van der Waals surface area contributed by atoms with Gasteiger partial charge in [-0.15, -0.1) is 0 Å². The highest BCUT2D eigenvalue weighted by Gasteiger charge is 2.68. The molecule has 1 unspecified atom stereocenters. The van der Waals surface area contributed by atoms with Crippen LogP contribution in [0.1, 0.15) is 81.9 Å². The first-order valence-electron chi connectivity index (χ1n) is 20.8. The average Bonchev–Trinajstić information content (AvgIpc) is 3.59. The van der Waals surface area contributed by atoms with Gasteiger partial charge in [0.25, 0.3) is 0 Å². The minimum atomic E-state index is -1.62. The molecule has 7 rings (SSSR count). The number of aromatic carboxylic acids is 1. The molecule has 3 N–H and O–H groups in total. The third-order valence-electron chi connectivity index (χ3n) is 12.9. The Morgan fingerprint density at radius 3 is 2.30 bits per heavy atom. The largest absolute Gasteiger partial charge is 0.496 e. The number of para-hydroxylation sites is 1. The van der Waals surface area contributed by atoms with Crippen LogP contribution in [0.2, 0.25) is 5.02 Å². The van der Waals surface area contributed by atoms with Crippen molar-refractivity contribution in [3.05, 3.63) is 52.0 Å². The number of likely N-dealkylation sites (N-methyl/N-ethyl adjacent to an activating group) is 1. The lowest BCUT2D eigenvalue weighted by molar-refractivity contribution is -0.199. The van der Waals surface area contributed by atoms with Crippen molar-refractivity contribution < 1.29 is 62.1 Å². The van der Waals surface area contributed by atoms with Gasteiger partial charge in [0.05, 0.1) is 44.0 Å². The summed E-state index contributed by atoms with van der Waals surface area (Å²) in [5, 5.41) is 15.5. The number of carbonyl (C=O) groups is 6. The first-order chi connectivity index (χ1) is 29.6. The number of nitrogens with zero attached hydrogens (tertiary/aromatic N) is 3. The van der Waals surface area contributed by atoms with Crippen LogP contribution in [0.3, 0.4) is 0 Å². The number of piperazine rings is 1. The van der Waals surface area contributed by atoms with E-state index in [0.717, 1.165) is 12.8 Å². The number of rotatable bonds is 14. The number of hydrogen-bond donors (Lipinski definition) is 3. The highest BCUT2D eigenvalue weighted by molar-refractivity contribution is 6.48. The highest BCUT2D eigenvalue weighted by Crippen LogP contribution is 2.65. The smallest absolute Gasteiger partial charge is 0.482 e. The zero-order chi connectivity index (χ0) is 46.3. The molecule has 0 aromatic heterocycles. The molecule has 18 nitrogen and oxygen atoms in total. The van der Waals surface area contributed by atoms with Gasteiger partial charge in [0.1, 0.15) is 23.0 Å². The first kappa shape index (κ1) is 47.2. The maximum Gasteiger partial charge on any atom is 0.482 e. The Morgan fingerprint density at radius 1 is 0.984 bits per heavy atom. The Kier molecular flexibility index (Phi) is 13.6. The number of ether oxygens (including phenoxy) is 4. The van der Waals surface area contributed by atoms with Crippen molar-refractivity contribution in [3.8, 4) is 17.2 Å². The van der Waals surface area contributed by atoms with Gasteiger partial charge in [0.15, 0.2) is 11.5 Å². The van der Waals surface area contributed by atoms with Crippen LogP contribution in [-0.2, 0) is 34.9 Å². The second-order valence-corrected chi connectivity index (χ2v) is 18.6. The molecule has 3 aliphatic carbocycles. The van der Waals surface area contributed by atoms with E-state index in [0.29, 0.717) is 16.4 Å². The summed E-state index contributed by atoms with van der Waals surface area (Å²) < 4.78 is 35.3. The Hall–Kier alpha value is -5.27. The van der Waals surface area contributed by atoms with E-state index in [4.69, 9.17) is 39.9 Å². The molecule has 6 amide bonds. The Morgan fingerprint density at radius 2 is 1.68 bits per heavy atom. The van der Waals surface area contributed by atoms with Gasteiger partial charge in [-0.2, -0.15) is 0 Å². The number of amides is 6. The van der Waals surface area contributed by atoms with Crippen LogP contribution in [0, 0.1) is 17.3 Å². The molecule has 2 aromatic rings. The fourth-order valence-electron chi connectivity index (χ4n) is 9.34. The standard InChI is InChI=1S/C43H57BClN5O13/c1-41(2,3)61-40(57)48(7)16-17-49-18-19-50(37(53)36(49)52)39(56)47-32(25-14-15-27(58-8)34(60-10)31(25)45)35(51)46-30(20-23-12-11-13-26(38(54)55)33(23)59-9)44-62-29-22-24-21-28(42(24,4)5)43(29,6)63-44/h11-15,24,28-30,32H,16-22H2,1-10H3,(H,46,51)(H,47,56)(H,54,55)/t24-,28-,29+,30-,32?,43-/m0/s1. The summed E-state index contributed by atoms with van der Waals surface area (Å²) in [6.45, 7) is 11.4. The molecular formula is C43H57BClN5O13. The topological polar surface area (TPSA) is 212 Å². The van der Waals surface area contributed by atoms with Crippen LogP contribution in [0.15, 0.2) is 30.3 Å². The molecular weight excluding hydrogens is 841 g/mol. The van der Waals surface area contributed by atoms with E-state index < -0.39 is 66.1 Å². The predicted octanol–water partition coefficient (Wildman–Crippen LogP) is 4.35. The monoisotopic (exact) mass is 897 g/mol. The molecule has 2 aromatic carbocycles. The molecule has 5 aliphatic rings. The summed E-state index contributed by atoms with van der Waals surface area (Å²) in [6.07, 6.45) is 0.786. The lowest BCUT2D eigenvalue weighted by atomic mass is 9.43. The number of benzene rings is 2. The number of hydrogen-bond acceptors (Lipinski definition) is 12. The molecule has 6 atom stereocenters. The van der Waals surface area contributed by atoms with E-state index in [2.05, 4.69) is 24.5 Å². The maximum atomic E-state index is 14.9. The summed E-state index contributed by atoms with van der Waals surface area (Å²) >= 11 is 6.88. The van der Waals surface area contributed by atoms with Gasteiger partial charge in [-0.3, -0.25) is 19.3 Å². The fraction of sp³-hybridized carbons (Fsp3) is 0.581. The van der Waals surface area contributed by atoms with Crippen molar-refractivity contribution in [1.82, 2.24) is 25.3 Å². The highest BCUT2D eigenvalue weighted by atomic mass is 35.5. The average molecular weight is 898 g/mol. The van der Waals surface area contributed by atoms with Crippen LogP contribution in [0.5, 0.6) is 17.2 Å². The minimum Gasteiger partial charge on any atom is -0.496 e. The van der Waals surface area contributed by atoms with Gasteiger partial charge in [0, 0.05) is 38.8 Å². The SMILES string of the molecule is COc1ccc(C(NC(=O)N2CCN(CCN(C)C(=O)OC(C)(C)C)C(=O)C2=O)C(=O)N[C@@H](Cc2cccc(C(=O)O)c2OC)B2O[C@@H]3C[C@@H]4C[C@@H](C4(C)C)[C@]3(C)O2)c(Cl)c1OC. The Labute approximate surface area is 372 Å². The van der Waals surface area contributed by atoms with Crippen LogP contribution in [-0.4, -0.2) is 141 Å². The second kappa shape index (κ2) is 18.1. The third kappa shape index (κ3) is 9.23. The molecule has 63 heavy (non-hydrogen) atoms. The van der Waals surface area contributed by atoms with E-state index in [1.807, 2.05) is 6.92 Å². The molecule has 2 heterocycles. The Bertz CT molecular complexity index is 2150. The zero-order valence-electron chi connectivity index (χ0n) is 37.4. The molecule has 0 radical (unpaired) electrons. The quantitative estimate of drug-likeness (QED) is 0.178. The summed E-state index contributed by atoms with van der Waals surface area (Å²) in [7, 11) is 4.58. The molecule has 2 saturated heterocycles. The van der Waals surface area contributed by atoms with Crippen molar-refractivity contribution >= 4 is 54.5 Å². The van der Waals surface area contributed by atoms with Gasteiger partial charge in [-0.25, -0.2) is 14.4 Å². The molecule has 5 fully saturated rings. The van der Waals surface area contributed by atoms with E-state index in [1.54, 1.807) is 32.9 Å². The molecule has 342 valence electrons. The van der Waals surface area contributed by atoms with E-state index in [-0.39, 0.29) is 83.4 Å². The number of carboxylic acid groups (broad SMARTS) is 1. The van der Waals surface area contributed by atoms with Crippen LogP contribution in [0.25, 0.3) is 0 Å². The minimum absolute atomic E-state index is 0.00156. The lowest BCUT2D eigenvalue weighted by Gasteiger charge is -2.64. The second-order valence-electron chi connectivity index (χ2n) is 18.2. The number of carbonyl (C=O) groups excluding carboxylic acids is 5. The molecule has 2 bridgehead atoms. The van der Waals surface area contributed by atoms with E-state index in [9.17, 15) is 33.9 Å². The fourth-order valence-corrected chi connectivity index (χ4v) is 9.68. The molecule has 3 saturated carbocycles. The summed E-state index contributed by atoms with van der Waals surface area (Å²) in [5.41, 5.74) is -1.03. The molecule has 20 heteroatoms. The van der Waals surface area contributed by atoms with Gasteiger partial charge in [-0.05, 0) is 81.9 Å². The van der Waals surface area contributed by atoms with Crippen LogP contribution in [0.4, 0.5) is 9.59 Å². The predicted molar refractivity (Wildman–Crippen MR) is 229 cm³/mol. The van der Waals surface area contributed by atoms with E-state index >= 15 is 0 Å². The lowest BCUT2D eigenvalue weighted by Crippen LogP contribution is -2.65. The van der Waals surface area contributed by atoms with E-state index in [1.165, 1.54) is 56.4 Å². The zero-order valence-corrected chi connectivity index (χ0v) is 38.1. The Balaban J connectivity index is 1.29. The third-order valence-corrected chi connectivity index (χ3v) is 13.3. The normalized spacial score (nSPS) is 23.5. The number of methoxy groups -OCH3 is 3. The number of carboxylic acids is 1. The van der Waals surface area contributed by atoms with Gasteiger partial charge in [-0.1, -0.05) is 43.6 Å². The van der Waals surface area contributed by atoms with Crippen LogP contribution < -0.4 is 24.8 Å². The number of urea groups is 1. The van der Waals surface area contributed by atoms with Crippen molar-refractivity contribution in [2.45, 2.75) is 90.1 Å². The number of imide groups is 1. The van der Waals surface area contributed by atoms with Crippen LogP contribution >= 0.6 is 11.6 Å². The summed E-state index contributed by atoms with van der Waals surface area (Å²) in [4.78, 5) is 83.8. The number of halogens is 1.